The number of benzene rings is 1. The van der Waals surface area contributed by atoms with E-state index < -0.39 is 22.7 Å². The summed E-state index contributed by atoms with van der Waals surface area (Å²) in [7, 11) is 1.25. The van der Waals surface area contributed by atoms with Crippen molar-refractivity contribution in [1.82, 2.24) is 19.6 Å². The smallest absolute Gasteiger partial charge is 0.350 e. The molecule has 0 aliphatic carbocycles. The number of rotatable bonds is 7. The van der Waals surface area contributed by atoms with E-state index in [0.29, 0.717) is 4.47 Å². The lowest BCUT2D eigenvalue weighted by atomic mass is 10.2. The Morgan fingerprint density at radius 2 is 2.17 bits per heavy atom. The first-order valence-corrected chi connectivity index (χ1v) is 9.62. The molecule has 0 fully saturated rings. The van der Waals surface area contributed by atoms with Crippen LogP contribution in [0.3, 0.4) is 0 Å². The number of ether oxygens (including phenoxy) is 1. The van der Waals surface area contributed by atoms with E-state index in [1.165, 1.54) is 30.8 Å². The molecule has 10 nitrogen and oxygen atoms in total. The Kier molecular flexibility index (Phi) is 6.37. The predicted molar refractivity (Wildman–Crippen MR) is 109 cm³/mol. The summed E-state index contributed by atoms with van der Waals surface area (Å²) in [5, 5.41) is 22.0. The van der Waals surface area contributed by atoms with Crippen LogP contribution in [0.15, 0.2) is 35.1 Å². The van der Waals surface area contributed by atoms with Crippen LogP contribution in [0, 0.1) is 15.9 Å². The van der Waals surface area contributed by atoms with E-state index in [1.807, 2.05) is 0 Å². The number of aromatic nitrogens is 4. The zero-order valence-corrected chi connectivity index (χ0v) is 18.0. The van der Waals surface area contributed by atoms with Gasteiger partial charge >= 0.3 is 11.6 Å². The summed E-state index contributed by atoms with van der Waals surface area (Å²) in [6.45, 7) is 1.56. The second-order valence-electron chi connectivity index (χ2n) is 6.15. The first-order valence-electron chi connectivity index (χ1n) is 8.45. The van der Waals surface area contributed by atoms with Crippen LogP contribution in [0.2, 0.25) is 5.02 Å². The van der Waals surface area contributed by atoms with Gasteiger partial charge in [0.2, 0.25) is 5.91 Å². The van der Waals surface area contributed by atoms with Crippen molar-refractivity contribution in [3.8, 4) is 5.88 Å². The highest BCUT2D eigenvalue weighted by Gasteiger charge is 2.26. The van der Waals surface area contributed by atoms with E-state index in [4.69, 9.17) is 16.3 Å². The van der Waals surface area contributed by atoms with Crippen molar-refractivity contribution in [2.24, 2.45) is 0 Å². The normalized spacial score (nSPS) is 11.9. The molecule has 0 spiro atoms. The number of amides is 1. The van der Waals surface area contributed by atoms with E-state index >= 15 is 0 Å². The van der Waals surface area contributed by atoms with Gasteiger partial charge in [-0.05, 0) is 35.0 Å². The van der Waals surface area contributed by atoms with Crippen molar-refractivity contribution in [2.45, 2.75) is 19.5 Å². The monoisotopic (exact) mass is 500 g/mol. The van der Waals surface area contributed by atoms with Crippen LogP contribution in [0.25, 0.3) is 0 Å². The zero-order valence-electron chi connectivity index (χ0n) is 15.7. The van der Waals surface area contributed by atoms with Crippen LogP contribution in [-0.2, 0) is 11.3 Å². The molecule has 13 heteroatoms. The molecule has 1 atom stereocenters. The maximum atomic E-state index is 14.0. The minimum atomic E-state index is -0.898. The summed E-state index contributed by atoms with van der Waals surface area (Å²) in [6.07, 6.45) is 2.67. The Labute approximate surface area is 182 Å². The topological polar surface area (TPSA) is 117 Å². The highest BCUT2D eigenvalue weighted by Crippen LogP contribution is 2.27. The van der Waals surface area contributed by atoms with Crippen molar-refractivity contribution in [2.75, 3.05) is 12.4 Å². The van der Waals surface area contributed by atoms with E-state index in [1.54, 1.807) is 12.3 Å². The largest absolute Gasteiger partial charge is 0.475 e. The molecule has 0 aliphatic heterocycles. The molecule has 1 aromatic carbocycles. The second-order valence-corrected chi connectivity index (χ2v) is 7.41. The number of anilines is 1. The average Bonchev–Trinajstić information content (AvgIpc) is 3.28. The second kappa shape index (κ2) is 8.79. The molecule has 0 bridgehead atoms. The molecular weight excluding hydrogens is 487 g/mol. The van der Waals surface area contributed by atoms with Crippen molar-refractivity contribution in [3.63, 3.8) is 0 Å². The molecule has 1 N–H and O–H groups in total. The third-order valence-electron chi connectivity index (χ3n) is 4.19. The zero-order chi connectivity index (χ0) is 22.0. The first-order chi connectivity index (χ1) is 14.2. The maximum absolute atomic E-state index is 14.0. The Morgan fingerprint density at radius 3 is 2.77 bits per heavy atom. The lowest BCUT2D eigenvalue weighted by Crippen LogP contribution is -2.24. The van der Waals surface area contributed by atoms with Gasteiger partial charge in [-0.1, -0.05) is 17.7 Å². The Morgan fingerprint density at radius 1 is 1.43 bits per heavy atom. The molecule has 0 saturated carbocycles. The highest BCUT2D eigenvalue weighted by molar-refractivity contribution is 9.10. The minimum absolute atomic E-state index is 0.0537. The summed E-state index contributed by atoms with van der Waals surface area (Å²) >= 11 is 9.33. The first kappa shape index (κ1) is 21.7. The molecule has 2 aromatic heterocycles. The van der Waals surface area contributed by atoms with Gasteiger partial charge in [0.15, 0.2) is 5.82 Å². The van der Waals surface area contributed by atoms with Crippen LogP contribution in [0.4, 0.5) is 15.9 Å². The van der Waals surface area contributed by atoms with Gasteiger partial charge in [0, 0.05) is 16.8 Å². The fourth-order valence-electron chi connectivity index (χ4n) is 2.58. The standard InChI is InChI=1S/C17H15BrClFN6O4/c1-9(25-8-14(26(28)29)17(23-25)30-2)16(27)21-15-11(18)7-24(22-15)6-10-12(19)4-3-5-13(10)20/h3-5,7-9H,6H2,1-2H3,(H,21,22,27). The van der Waals surface area contributed by atoms with Crippen LogP contribution >= 0.6 is 27.5 Å². The Balaban J connectivity index is 1.76. The third-order valence-corrected chi connectivity index (χ3v) is 5.12. The number of nitrogens with one attached hydrogen (secondary N) is 1. The van der Waals surface area contributed by atoms with E-state index in [2.05, 4.69) is 31.4 Å². The quantitative estimate of drug-likeness (QED) is 0.389. The van der Waals surface area contributed by atoms with Crippen molar-refractivity contribution >= 4 is 44.9 Å². The van der Waals surface area contributed by atoms with Gasteiger partial charge in [-0.3, -0.25) is 19.6 Å². The molecule has 30 heavy (non-hydrogen) atoms. The third kappa shape index (κ3) is 4.44. The summed E-state index contributed by atoms with van der Waals surface area (Å²) in [5.41, 5.74) is -0.0965. The average molecular weight is 502 g/mol. The van der Waals surface area contributed by atoms with Gasteiger partial charge in [-0.2, -0.15) is 5.10 Å². The summed E-state index contributed by atoms with van der Waals surface area (Å²) in [5.74, 6) is -1.01. The number of nitrogens with zero attached hydrogens (tertiary/aromatic N) is 5. The summed E-state index contributed by atoms with van der Waals surface area (Å²) in [6, 6.07) is 3.47. The molecule has 158 valence electrons. The summed E-state index contributed by atoms with van der Waals surface area (Å²) < 4.78 is 21.8. The number of hydrogen-bond acceptors (Lipinski definition) is 6. The molecule has 3 rings (SSSR count). The number of carbonyl (C=O) groups excluding carboxylic acids is 1. The van der Waals surface area contributed by atoms with Gasteiger partial charge in [0.1, 0.15) is 18.1 Å². The Hall–Kier alpha value is -2.99. The summed E-state index contributed by atoms with van der Waals surface area (Å²) in [4.78, 5) is 23.0. The lowest BCUT2D eigenvalue weighted by molar-refractivity contribution is -0.385. The number of halogens is 3. The lowest BCUT2D eigenvalue weighted by Gasteiger charge is -2.11. The predicted octanol–water partition coefficient (Wildman–Crippen LogP) is 3.80. The molecule has 1 unspecified atom stereocenters. The molecule has 0 aliphatic rings. The van der Waals surface area contributed by atoms with E-state index in [-0.39, 0.29) is 34.5 Å². The molecule has 2 heterocycles. The van der Waals surface area contributed by atoms with Crippen LogP contribution in [0.1, 0.15) is 18.5 Å². The van der Waals surface area contributed by atoms with E-state index in [9.17, 15) is 19.3 Å². The van der Waals surface area contributed by atoms with Crippen molar-refractivity contribution < 1.29 is 18.8 Å². The van der Waals surface area contributed by atoms with Crippen LogP contribution in [0.5, 0.6) is 5.88 Å². The Bertz CT molecular complexity index is 1100. The van der Waals surface area contributed by atoms with Crippen LogP contribution < -0.4 is 10.1 Å². The van der Waals surface area contributed by atoms with Gasteiger partial charge < -0.3 is 10.1 Å². The number of methoxy groups -OCH3 is 1. The molecule has 0 radical (unpaired) electrons. The molecular formula is C17H15BrClFN6O4. The van der Waals surface area contributed by atoms with Gasteiger partial charge in [-0.25, -0.2) is 9.07 Å². The van der Waals surface area contributed by atoms with Gasteiger partial charge in [0.05, 0.1) is 23.1 Å². The van der Waals surface area contributed by atoms with Crippen molar-refractivity contribution in [3.05, 3.63) is 61.6 Å². The minimum Gasteiger partial charge on any atom is -0.475 e. The SMILES string of the molecule is COc1nn(C(C)C(=O)Nc2nn(Cc3c(F)cccc3Cl)cc2Br)cc1[N+](=O)[O-]. The maximum Gasteiger partial charge on any atom is 0.350 e. The van der Waals surface area contributed by atoms with Crippen molar-refractivity contribution in [1.29, 1.82) is 0 Å². The molecule has 3 aromatic rings. The molecule has 0 saturated heterocycles. The number of hydrogen-bond donors (Lipinski definition) is 1. The fraction of sp³-hybridized carbons (Fsp3) is 0.235. The number of carbonyl (C=O) groups is 1. The molecule has 1 amide bonds. The van der Waals surface area contributed by atoms with Crippen LogP contribution in [-0.4, -0.2) is 37.5 Å². The van der Waals surface area contributed by atoms with E-state index in [0.717, 1.165) is 10.9 Å². The highest BCUT2D eigenvalue weighted by atomic mass is 79.9. The van der Waals surface area contributed by atoms with Gasteiger partial charge in [-0.15, -0.1) is 5.10 Å². The number of nitro groups is 1. The van der Waals surface area contributed by atoms with Gasteiger partial charge in [0.25, 0.3) is 0 Å². The fourth-order valence-corrected chi connectivity index (χ4v) is 3.22.